The van der Waals surface area contributed by atoms with Crippen molar-refractivity contribution < 1.29 is 18.0 Å². The van der Waals surface area contributed by atoms with Crippen LogP contribution in [0.25, 0.3) is 0 Å². The van der Waals surface area contributed by atoms with E-state index in [0.29, 0.717) is 6.54 Å². The maximum absolute atomic E-state index is 13.3. The highest BCUT2D eigenvalue weighted by Crippen LogP contribution is 2.27. The predicted molar refractivity (Wildman–Crippen MR) is 71.4 cm³/mol. The molecular formula is C15H17F3N2O. The van der Waals surface area contributed by atoms with Crippen molar-refractivity contribution in [3.05, 3.63) is 35.1 Å². The van der Waals surface area contributed by atoms with Crippen molar-refractivity contribution in [3.63, 3.8) is 0 Å². The molecule has 0 bridgehead atoms. The predicted octanol–water partition coefficient (Wildman–Crippen LogP) is 2.46. The van der Waals surface area contributed by atoms with Crippen LogP contribution in [0.15, 0.2) is 12.1 Å². The Morgan fingerprint density at radius 1 is 1.14 bits per heavy atom. The fourth-order valence-electron chi connectivity index (χ4n) is 3.35. The Hall–Kier alpha value is -1.56. The molecule has 0 spiro atoms. The van der Waals surface area contributed by atoms with E-state index in [2.05, 4.69) is 5.32 Å². The molecule has 3 rings (SSSR count). The lowest BCUT2D eigenvalue weighted by Crippen LogP contribution is -2.46. The molecule has 6 heteroatoms. The van der Waals surface area contributed by atoms with Gasteiger partial charge >= 0.3 is 0 Å². The van der Waals surface area contributed by atoms with Crippen LogP contribution in [0.3, 0.4) is 0 Å². The normalized spacial score (nSPS) is 25.6. The van der Waals surface area contributed by atoms with Crippen molar-refractivity contribution in [1.82, 2.24) is 10.2 Å². The van der Waals surface area contributed by atoms with Crippen molar-refractivity contribution in [3.8, 4) is 0 Å². The summed E-state index contributed by atoms with van der Waals surface area (Å²) in [4.78, 5) is 14.1. The molecule has 2 atom stereocenters. The highest BCUT2D eigenvalue weighted by atomic mass is 19.2. The van der Waals surface area contributed by atoms with Gasteiger partial charge in [0, 0.05) is 24.2 Å². The number of amides is 1. The number of carbonyl (C=O) groups excluding carboxylic acids is 1. The van der Waals surface area contributed by atoms with Gasteiger partial charge < -0.3 is 10.2 Å². The van der Waals surface area contributed by atoms with E-state index in [0.717, 1.165) is 44.4 Å². The number of hydrogen-bond acceptors (Lipinski definition) is 2. The van der Waals surface area contributed by atoms with Crippen molar-refractivity contribution in [2.45, 2.75) is 37.8 Å². The van der Waals surface area contributed by atoms with Gasteiger partial charge in [0.25, 0.3) is 5.91 Å². The first kappa shape index (κ1) is 14.4. The van der Waals surface area contributed by atoms with Gasteiger partial charge in [0.05, 0.1) is 0 Å². The Labute approximate surface area is 121 Å². The fourth-order valence-corrected chi connectivity index (χ4v) is 3.35. The molecule has 2 unspecified atom stereocenters. The number of nitrogens with zero attached hydrogens (tertiary/aromatic N) is 1. The number of nitrogens with one attached hydrogen (secondary N) is 1. The highest BCUT2D eigenvalue weighted by Gasteiger charge is 2.36. The Morgan fingerprint density at radius 3 is 2.48 bits per heavy atom. The molecule has 1 N–H and O–H groups in total. The molecule has 2 fully saturated rings. The van der Waals surface area contributed by atoms with Gasteiger partial charge in [0.2, 0.25) is 0 Å². The number of hydrogen-bond donors (Lipinski definition) is 1. The molecule has 0 aliphatic carbocycles. The standard InChI is InChI=1S/C15H17F3N2O/c16-10-7-9(8-11(17)14(10)18)15(21)20-6-2-4-13(20)12-3-1-5-19-12/h7-8,12-13,19H,1-6H2. The van der Waals surface area contributed by atoms with Crippen molar-refractivity contribution in [2.75, 3.05) is 13.1 Å². The minimum Gasteiger partial charge on any atom is -0.334 e. The van der Waals surface area contributed by atoms with Crippen LogP contribution in [0.2, 0.25) is 0 Å². The number of benzene rings is 1. The first-order chi connectivity index (χ1) is 10.1. The van der Waals surface area contributed by atoms with Gasteiger partial charge in [-0.1, -0.05) is 0 Å². The average molecular weight is 298 g/mol. The van der Waals surface area contributed by atoms with E-state index in [9.17, 15) is 18.0 Å². The highest BCUT2D eigenvalue weighted by molar-refractivity contribution is 5.94. The van der Waals surface area contributed by atoms with Gasteiger partial charge in [-0.25, -0.2) is 13.2 Å². The van der Waals surface area contributed by atoms with Gasteiger partial charge in [-0.15, -0.1) is 0 Å². The van der Waals surface area contributed by atoms with Crippen molar-refractivity contribution in [1.29, 1.82) is 0 Å². The Morgan fingerprint density at radius 2 is 1.86 bits per heavy atom. The number of halogens is 3. The molecule has 114 valence electrons. The maximum atomic E-state index is 13.3. The molecule has 0 saturated carbocycles. The second kappa shape index (κ2) is 5.67. The summed E-state index contributed by atoms with van der Waals surface area (Å²) < 4.78 is 39.6. The van der Waals surface area contributed by atoms with Gasteiger partial charge in [0.15, 0.2) is 17.5 Å². The summed E-state index contributed by atoms with van der Waals surface area (Å²) in [6, 6.07) is 1.85. The van der Waals surface area contributed by atoms with Crippen LogP contribution in [0.5, 0.6) is 0 Å². The summed E-state index contributed by atoms with van der Waals surface area (Å²) in [6.45, 7) is 1.51. The van der Waals surface area contributed by atoms with E-state index in [-0.39, 0.29) is 17.6 Å². The summed E-state index contributed by atoms with van der Waals surface area (Å²) in [7, 11) is 0. The Kier molecular flexibility index (Phi) is 3.89. The number of likely N-dealkylation sites (tertiary alicyclic amines) is 1. The van der Waals surface area contributed by atoms with E-state index < -0.39 is 23.4 Å². The van der Waals surface area contributed by atoms with Crippen molar-refractivity contribution in [2.24, 2.45) is 0 Å². The molecule has 21 heavy (non-hydrogen) atoms. The van der Waals surface area contributed by atoms with Gasteiger partial charge in [-0.05, 0) is 44.4 Å². The monoisotopic (exact) mass is 298 g/mol. The molecule has 2 aliphatic rings. The SMILES string of the molecule is O=C(c1cc(F)c(F)c(F)c1)N1CCCC1C1CCCN1. The summed E-state index contributed by atoms with van der Waals surface area (Å²) in [5, 5.41) is 3.36. The molecule has 0 radical (unpaired) electrons. The maximum Gasteiger partial charge on any atom is 0.254 e. The number of carbonyl (C=O) groups is 1. The summed E-state index contributed by atoms with van der Waals surface area (Å²) in [5.41, 5.74) is -0.128. The van der Waals surface area contributed by atoms with Crippen LogP contribution in [-0.4, -0.2) is 36.0 Å². The van der Waals surface area contributed by atoms with E-state index >= 15 is 0 Å². The topological polar surface area (TPSA) is 32.3 Å². The van der Waals surface area contributed by atoms with E-state index in [1.165, 1.54) is 0 Å². The van der Waals surface area contributed by atoms with Crippen LogP contribution in [0, 0.1) is 17.5 Å². The second-order valence-corrected chi connectivity index (χ2v) is 5.66. The Balaban J connectivity index is 1.83. The molecule has 1 amide bonds. The third-order valence-electron chi connectivity index (χ3n) is 4.35. The third-order valence-corrected chi connectivity index (χ3v) is 4.35. The summed E-state index contributed by atoms with van der Waals surface area (Å²) in [5.74, 6) is -4.62. The molecule has 1 aromatic rings. The lowest BCUT2D eigenvalue weighted by molar-refractivity contribution is 0.0710. The van der Waals surface area contributed by atoms with Crippen LogP contribution in [-0.2, 0) is 0 Å². The van der Waals surface area contributed by atoms with Gasteiger partial charge in [0.1, 0.15) is 0 Å². The molecule has 3 nitrogen and oxygen atoms in total. The molecule has 0 aromatic heterocycles. The first-order valence-corrected chi connectivity index (χ1v) is 7.27. The zero-order chi connectivity index (χ0) is 15.0. The molecule has 2 saturated heterocycles. The second-order valence-electron chi connectivity index (χ2n) is 5.66. The largest absolute Gasteiger partial charge is 0.334 e. The minimum absolute atomic E-state index is 0.0520. The van der Waals surface area contributed by atoms with Crippen LogP contribution >= 0.6 is 0 Å². The lowest BCUT2D eigenvalue weighted by Gasteiger charge is -2.29. The zero-order valence-electron chi connectivity index (χ0n) is 11.5. The molecular weight excluding hydrogens is 281 g/mol. The lowest BCUT2D eigenvalue weighted by atomic mass is 10.0. The summed E-state index contributed by atoms with van der Waals surface area (Å²) in [6.07, 6.45) is 3.83. The molecule has 1 aromatic carbocycles. The smallest absolute Gasteiger partial charge is 0.254 e. The fraction of sp³-hybridized carbons (Fsp3) is 0.533. The molecule has 2 aliphatic heterocycles. The Bertz CT molecular complexity index is 535. The van der Waals surface area contributed by atoms with E-state index in [4.69, 9.17) is 0 Å². The van der Waals surface area contributed by atoms with E-state index in [1.54, 1.807) is 4.90 Å². The van der Waals surface area contributed by atoms with Gasteiger partial charge in [-0.2, -0.15) is 0 Å². The van der Waals surface area contributed by atoms with Gasteiger partial charge in [-0.3, -0.25) is 4.79 Å². The number of rotatable bonds is 2. The third kappa shape index (κ3) is 2.64. The summed E-state index contributed by atoms with van der Waals surface area (Å²) >= 11 is 0. The minimum atomic E-state index is -1.54. The van der Waals surface area contributed by atoms with Crippen LogP contribution in [0.4, 0.5) is 13.2 Å². The average Bonchev–Trinajstić information content (AvgIpc) is 3.13. The quantitative estimate of drug-likeness (QED) is 0.851. The molecule has 2 heterocycles. The van der Waals surface area contributed by atoms with Crippen molar-refractivity contribution >= 4 is 5.91 Å². The van der Waals surface area contributed by atoms with Crippen LogP contribution < -0.4 is 5.32 Å². The zero-order valence-corrected chi connectivity index (χ0v) is 11.5. The van der Waals surface area contributed by atoms with E-state index in [1.807, 2.05) is 0 Å². The van der Waals surface area contributed by atoms with Crippen LogP contribution in [0.1, 0.15) is 36.0 Å². The first-order valence-electron chi connectivity index (χ1n) is 7.27.